The molecular formula is C19H21N3O5S2. The average molecular weight is 436 g/mol. The van der Waals surface area contributed by atoms with E-state index in [1.165, 1.54) is 15.9 Å². The number of likely N-dealkylation sites (tertiary alicyclic amines) is 1. The Kier molecular flexibility index (Phi) is 5.57. The zero-order valence-corrected chi connectivity index (χ0v) is 17.2. The van der Waals surface area contributed by atoms with Crippen molar-refractivity contribution in [2.75, 3.05) is 13.1 Å². The molecule has 0 atom stereocenters. The van der Waals surface area contributed by atoms with Crippen molar-refractivity contribution in [3.8, 4) is 0 Å². The number of carbonyl (C=O) groups is 1. The molecule has 154 valence electrons. The van der Waals surface area contributed by atoms with E-state index >= 15 is 0 Å². The molecule has 1 amide bonds. The third-order valence-corrected chi connectivity index (χ3v) is 7.97. The van der Waals surface area contributed by atoms with Gasteiger partial charge in [-0.15, -0.1) is 11.3 Å². The highest BCUT2D eigenvalue weighted by molar-refractivity contribution is 7.91. The molecule has 2 aromatic heterocycles. The van der Waals surface area contributed by atoms with Gasteiger partial charge in [-0.2, -0.15) is 0 Å². The number of carbonyl (C=O) groups excluding carboxylic acids is 1. The molecule has 29 heavy (non-hydrogen) atoms. The molecule has 1 saturated heterocycles. The Morgan fingerprint density at radius 1 is 1.17 bits per heavy atom. The summed E-state index contributed by atoms with van der Waals surface area (Å²) in [6.45, 7) is 1.22. The number of aromatic nitrogens is 1. The highest BCUT2D eigenvalue weighted by Gasteiger charge is 2.27. The minimum Gasteiger partial charge on any atom is -0.408 e. The molecule has 3 heterocycles. The number of para-hydroxylation sites is 2. The van der Waals surface area contributed by atoms with E-state index in [4.69, 9.17) is 4.42 Å². The summed E-state index contributed by atoms with van der Waals surface area (Å²) in [6, 6.07) is 10.2. The van der Waals surface area contributed by atoms with Gasteiger partial charge < -0.3 is 9.32 Å². The van der Waals surface area contributed by atoms with Gasteiger partial charge in [-0.1, -0.05) is 18.2 Å². The van der Waals surface area contributed by atoms with Crippen molar-refractivity contribution in [1.29, 1.82) is 0 Å². The van der Waals surface area contributed by atoms with Crippen LogP contribution in [0.3, 0.4) is 0 Å². The average Bonchev–Trinajstić information content (AvgIpc) is 3.35. The van der Waals surface area contributed by atoms with Crippen LogP contribution in [0, 0.1) is 0 Å². The van der Waals surface area contributed by atoms with Crippen molar-refractivity contribution in [3.05, 3.63) is 52.3 Å². The van der Waals surface area contributed by atoms with Gasteiger partial charge in [-0.3, -0.25) is 9.36 Å². The van der Waals surface area contributed by atoms with E-state index in [1.807, 2.05) is 6.07 Å². The topological polar surface area (TPSA) is 102 Å². The van der Waals surface area contributed by atoms with Crippen molar-refractivity contribution in [1.82, 2.24) is 14.2 Å². The summed E-state index contributed by atoms with van der Waals surface area (Å²) in [7, 11) is -3.50. The maximum atomic E-state index is 12.6. The molecule has 0 aliphatic carbocycles. The Bertz CT molecular complexity index is 1160. The van der Waals surface area contributed by atoms with Crippen LogP contribution in [-0.4, -0.2) is 42.9 Å². The lowest BCUT2D eigenvalue weighted by atomic mass is 10.1. The molecule has 3 aromatic rings. The monoisotopic (exact) mass is 435 g/mol. The largest absolute Gasteiger partial charge is 0.419 e. The lowest BCUT2D eigenvalue weighted by Crippen LogP contribution is -2.46. The molecule has 0 bridgehead atoms. The van der Waals surface area contributed by atoms with E-state index in [1.54, 1.807) is 40.6 Å². The van der Waals surface area contributed by atoms with Crippen LogP contribution < -0.4 is 10.5 Å². The quantitative estimate of drug-likeness (QED) is 0.638. The fourth-order valence-electron chi connectivity index (χ4n) is 3.53. The Labute approximate surface area is 171 Å². The van der Waals surface area contributed by atoms with Crippen LogP contribution in [0.1, 0.15) is 19.3 Å². The van der Waals surface area contributed by atoms with Crippen molar-refractivity contribution in [2.24, 2.45) is 0 Å². The van der Waals surface area contributed by atoms with Gasteiger partial charge >= 0.3 is 5.76 Å². The van der Waals surface area contributed by atoms with Gasteiger partial charge in [-0.25, -0.2) is 17.9 Å². The molecule has 1 aromatic carbocycles. The molecule has 10 heteroatoms. The summed E-state index contributed by atoms with van der Waals surface area (Å²) in [4.78, 5) is 26.3. The van der Waals surface area contributed by atoms with Gasteiger partial charge in [0.15, 0.2) is 5.58 Å². The first-order valence-electron chi connectivity index (χ1n) is 9.36. The zero-order valence-electron chi connectivity index (χ0n) is 15.6. The van der Waals surface area contributed by atoms with Crippen LogP contribution in [-0.2, 0) is 21.4 Å². The van der Waals surface area contributed by atoms with Crippen molar-refractivity contribution in [2.45, 2.75) is 36.1 Å². The molecular weight excluding hydrogens is 414 g/mol. The SMILES string of the molecule is O=C(CCn1c(=O)oc2ccccc21)N1CCC(NS(=O)(=O)c2cccs2)CC1. The van der Waals surface area contributed by atoms with Crippen LogP contribution in [0.15, 0.2) is 55.2 Å². The first-order chi connectivity index (χ1) is 13.9. The second-order valence-corrected chi connectivity index (χ2v) is 9.83. The van der Waals surface area contributed by atoms with Crippen LogP contribution in [0.4, 0.5) is 0 Å². The van der Waals surface area contributed by atoms with E-state index < -0.39 is 15.8 Å². The van der Waals surface area contributed by atoms with Crippen molar-refractivity contribution in [3.63, 3.8) is 0 Å². The molecule has 0 saturated carbocycles. The van der Waals surface area contributed by atoms with Crippen LogP contribution >= 0.6 is 11.3 Å². The summed E-state index contributed by atoms with van der Waals surface area (Å²) < 4.78 is 34.3. The molecule has 1 aliphatic heterocycles. The molecule has 1 N–H and O–H groups in total. The van der Waals surface area contributed by atoms with Gasteiger partial charge in [0.25, 0.3) is 0 Å². The lowest BCUT2D eigenvalue weighted by Gasteiger charge is -2.32. The van der Waals surface area contributed by atoms with Crippen molar-refractivity contribution < 1.29 is 17.6 Å². The fraction of sp³-hybridized carbons (Fsp3) is 0.368. The number of benzene rings is 1. The van der Waals surface area contributed by atoms with E-state index in [9.17, 15) is 18.0 Å². The minimum absolute atomic E-state index is 0.0539. The summed E-state index contributed by atoms with van der Waals surface area (Å²) in [5.41, 5.74) is 1.18. The third-order valence-electron chi connectivity index (χ3n) is 5.05. The number of piperidine rings is 1. The number of sulfonamides is 1. The molecule has 0 spiro atoms. The van der Waals surface area contributed by atoms with Crippen LogP contribution in [0.5, 0.6) is 0 Å². The number of aryl methyl sites for hydroxylation is 1. The van der Waals surface area contributed by atoms with Crippen LogP contribution in [0.25, 0.3) is 11.1 Å². The molecule has 0 radical (unpaired) electrons. The number of nitrogens with one attached hydrogen (secondary N) is 1. The predicted molar refractivity (Wildman–Crippen MR) is 109 cm³/mol. The van der Waals surface area contributed by atoms with Gasteiger partial charge in [0.2, 0.25) is 15.9 Å². The van der Waals surface area contributed by atoms with E-state index in [-0.39, 0.29) is 24.9 Å². The Hall–Kier alpha value is -2.43. The summed E-state index contributed by atoms with van der Waals surface area (Å²) in [5.74, 6) is -0.526. The number of fused-ring (bicyclic) bond motifs is 1. The standard InChI is InChI=1S/C19H21N3O5S2/c23-17(9-12-22-15-4-1-2-5-16(15)27-19(22)24)21-10-7-14(8-11-21)20-29(25,26)18-6-3-13-28-18/h1-6,13-14,20H,7-12H2. The van der Waals surface area contributed by atoms with Crippen molar-refractivity contribution >= 4 is 38.4 Å². The second kappa shape index (κ2) is 8.13. The molecule has 4 rings (SSSR count). The first kappa shape index (κ1) is 19.9. The van der Waals surface area contributed by atoms with Gasteiger partial charge in [0.1, 0.15) is 4.21 Å². The Balaban J connectivity index is 1.31. The van der Waals surface area contributed by atoms with E-state index in [0.29, 0.717) is 41.2 Å². The summed E-state index contributed by atoms with van der Waals surface area (Å²) >= 11 is 1.18. The normalized spacial score (nSPS) is 15.8. The highest BCUT2D eigenvalue weighted by atomic mass is 32.2. The summed E-state index contributed by atoms with van der Waals surface area (Å²) in [6.07, 6.45) is 1.31. The second-order valence-electron chi connectivity index (χ2n) is 6.95. The lowest BCUT2D eigenvalue weighted by molar-refractivity contribution is -0.132. The molecule has 1 aliphatic rings. The molecule has 0 unspecified atom stereocenters. The number of rotatable bonds is 6. The number of thiophene rings is 1. The third kappa shape index (κ3) is 4.29. The smallest absolute Gasteiger partial charge is 0.408 e. The Morgan fingerprint density at radius 3 is 2.66 bits per heavy atom. The van der Waals surface area contributed by atoms with E-state index in [2.05, 4.69) is 4.72 Å². The minimum atomic E-state index is -3.50. The fourth-order valence-corrected chi connectivity index (χ4v) is 5.85. The van der Waals surface area contributed by atoms with Gasteiger partial charge in [-0.05, 0) is 36.4 Å². The zero-order chi connectivity index (χ0) is 20.4. The number of hydrogen-bond acceptors (Lipinski definition) is 6. The van der Waals surface area contributed by atoms with E-state index in [0.717, 1.165) is 0 Å². The van der Waals surface area contributed by atoms with Crippen LogP contribution in [0.2, 0.25) is 0 Å². The number of hydrogen-bond donors (Lipinski definition) is 1. The summed E-state index contributed by atoms with van der Waals surface area (Å²) in [5, 5.41) is 1.73. The first-order valence-corrected chi connectivity index (χ1v) is 11.7. The van der Waals surface area contributed by atoms with Gasteiger partial charge in [0, 0.05) is 32.1 Å². The number of nitrogens with zero attached hydrogens (tertiary/aromatic N) is 2. The molecule has 1 fully saturated rings. The molecule has 8 nitrogen and oxygen atoms in total. The number of oxazole rings is 1. The number of amides is 1. The highest BCUT2D eigenvalue weighted by Crippen LogP contribution is 2.19. The maximum absolute atomic E-state index is 12.6. The predicted octanol–water partition coefficient (Wildman–Crippen LogP) is 2.02. The van der Waals surface area contributed by atoms with Gasteiger partial charge in [0.05, 0.1) is 5.52 Å². The Morgan fingerprint density at radius 2 is 1.93 bits per heavy atom. The maximum Gasteiger partial charge on any atom is 0.419 e.